The molecular weight excluding hydrogens is 204 g/mol. The number of carbonyl (C=O) groups excluding carboxylic acids is 1. The third-order valence-corrected chi connectivity index (χ3v) is 2.27. The summed E-state index contributed by atoms with van der Waals surface area (Å²) in [6.45, 7) is 1.79. The smallest absolute Gasteiger partial charge is 0.330 e. The molecule has 1 aromatic rings. The van der Waals surface area contributed by atoms with E-state index >= 15 is 0 Å². The quantitative estimate of drug-likeness (QED) is 0.625. The Labute approximate surface area is 95.4 Å². The van der Waals surface area contributed by atoms with Crippen LogP contribution < -0.4 is 0 Å². The number of aliphatic hydroxyl groups excluding tert-OH is 1. The predicted octanol–water partition coefficient (Wildman–Crippen LogP) is 2.23. The number of aliphatic hydroxyl groups is 1. The molecule has 3 heteroatoms. The minimum absolute atomic E-state index is 0.391. The van der Waals surface area contributed by atoms with Crippen molar-refractivity contribution in [1.29, 1.82) is 0 Å². The van der Waals surface area contributed by atoms with Crippen molar-refractivity contribution in [3.63, 3.8) is 0 Å². The maximum absolute atomic E-state index is 11.0. The Kier molecular flexibility index (Phi) is 4.73. The van der Waals surface area contributed by atoms with Gasteiger partial charge in [-0.05, 0) is 18.9 Å². The van der Waals surface area contributed by atoms with E-state index in [-0.39, 0.29) is 0 Å². The van der Waals surface area contributed by atoms with Crippen LogP contribution in [0.25, 0.3) is 0 Å². The zero-order valence-electron chi connectivity index (χ0n) is 9.51. The van der Waals surface area contributed by atoms with E-state index in [1.807, 2.05) is 30.3 Å². The highest BCUT2D eigenvalue weighted by Gasteiger charge is 2.08. The fourth-order valence-electron chi connectivity index (χ4n) is 1.42. The van der Waals surface area contributed by atoms with Gasteiger partial charge in [-0.3, -0.25) is 0 Å². The van der Waals surface area contributed by atoms with Crippen molar-refractivity contribution >= 4 is 5.97 Å². The van der Waals surface area contributed by atoms with Gasteiger partial charge >= 0.3 is 5.97 Å². The van der Waals surface area contributed by atoms with E-state index in [9.17, 15) is 9.90 Å². The number of esters is 1. The number of hydrogen-bond donors (Lipinski definition) is 1. The van der Waals surface area contributed by atoms with Crippen molar-refractivity contribution in [2.45, 2.75) is 19.4 Å². The van der Waals surface area contributed by atoms with Crippen molar-refractivity contribution in [3.05, 3.63) is 47.5 Å². The first-order valence-electron chi connectivity index (χ1n) is 5.11. The summed E-state index contributed by atoms with van der Waals surface area (Å²) in [4.78, 5) is 11.0. The van der Waals surface area contributed by atoms with Crippen molar-refractivity contribution in [1.82, 2.24) is 0 Å². The lowest BCUT2D eigenvalue weighted by atomic mass is 10.0. The van der Waals surface area contributed by atoms with Crippen LogP contribution in [-0.4, -0.2) is 18.2 Å². The Morgan fingerprint density at radius 1 is 1.44 bits per heavy atom. The molecule has 3 nitrogen and oxygen atoms in total. The third kappa shape index (κ3) is 3.87. The number of rotatable bonds is 4. The van der Waals surface area contributed by atoms with E-state index in [4.69, 9.17) is 0 Å². The summed E-state index contributed by atoms with van der Waals surface area (Å²) in [5.41, 5.74) is 1.64. The lowest BCUT2D eigenvalue weighted by Crippen LogP contribution is -2.01. The normalized spacial score (nSPS) is 13.3. The summed E-state index contributed by atoms with van der Waals surface area (Å²) in [5, 5.41) is 9.88. The minimum Gasteiger partial charge on any atom is -0.466 e. The van der Waals surface area contributed by atoms with Gasteiger partial charge in [0.1, 0.15) is 0 Å². The van der Waals surface area contributed by atoms with Crippen LogP contribution in [0.2, 0.25) is 0 Å². The summed E-state index contributed by atoms with van der Waals surface area (Å²) in [6, 6.07) is 9.36. The molecule has 0 aromatic heterocycles. The summed E-state index contributed by atoms with van der Waals surface area (Å²) < 4.78 is 4.51. The number of carbonyl (C=O) groups is 1. The molecule has 0 fully saturated rings. The van der Waals surface area contributed by atoms with Gasteiger partial charge in [-0.1, -0.05) is 35.9 Å². The van der Waals surface area contributed by atoms with E-state index in [0.29, 0.717) is 6.42 Å². The molecule has 0 heterocycles. The van der Waals surface area contributed by atoms with Gasteiger partial charge in [-0.15, -0.1) is 0 Å². The SMILES string of the molecule is COC(=O)/C=C(\C)CC(O)c1ccccc1. The average Bonchev–Trinajstić information content (AvgIpc) is 2.29. The first-order valence-corrected chi connectivity index (χ1v) is 5.11. The maximum Gasteiger partial charge on any atom is 0.330 e. The maximum atomic E-state index is 11.0. The van der Waals surface area contributed by atoms with Crippen LogP contribution in [0.5, 0.6) is 0 Å². The molecule has 16 heavy (non-hydrogen) atoms. The Hall–Kier alpha value is -1.61. The molecule has 1 unspecified atom stereocenters. The van der Waals surface area contributed by atoms with Gasteiger partial charge in [0.25, 0.3) is 0 Å². The first kappa shape index (κ1) is 12.5. The Morgan fingerprint density at radius 3 is 2.62 bits per heavy atom. The third-order valence-electron chi connectivity index (χ3n) is 2.27. The van der Waals surface area contributed by atoms with Gasteiger partial charge in [0.05, 0.1) is 13.2 Å². The van der Waals surface area contributed by atoms with Crippen molar-refractivity contribution < 1.29 is 14.6 Å². The molecule has 1 rings (SSSR count). The lowest BCUT2D eigenvalue weighted by Gasteiger charge is -2.10. The molecule has 0 spiro atoms. The van der Waals surface area contributed by atoms with Crippen molar-refractivity contribution in [3.8, 4) is 0 Å². The number of methoxy groups -OCH3 is 1. The van der Waals surface area contributed by atoms with Crippen LogP contribution in [0.3, 0.4) is 0 Å². The summed E-state index contributed by atoms with van der Waals surface area (Å²) >= 11 is 0. The largest absolute Gasteiger partial charge is 0.466 e. The Balaban J connectivity index is 2.61. The molecule has 0 bridgehead atoms. The summed E-state index contributed by atoms with van der Waals surface area (Å²) in [7, 11) is 1.33. The molecule has 0 aliphatic carbocycles. The minimum atomic E-state index is -0.581. The first-order chi connectivity index (χ1) is 7.63. The highest BCUT2D eigenvalue weighted by molar-refractivity contribution is 5.82. The molecule has 0 saturated heterocycles. The number of ether oxygens (including phenoxy) is 1. The van der Waals surface area contributed by atoms with E-state index < -0.39 is 12.1 Å². The molecule has 0 amide bonds. The molecule has 1 N–H and O–H groups in total. The molecule has 1 aromatic carbocycles. The van der Waals surface area contributed by atoms with Crippen LogP contribution in [0.15, 0.2) is 42.0 Å². The van der Waals surface area contributed by atoms with Gasteiger partial charge in [-0.2, -0.15) is 0 Å². The van der Waals surface area contributed by atoms with Crippen LogP contribution >= 0.6 is 0 Å². The highest BCUT2D eigenvalue weighted by Crippen LogP contribution is 2.20. The van der Waals surface area contributed by atoms with Crippen LogP contribution in [0.4, 0.5) is 0 Å². The molecule has 1 atom stereocenters. The zero-order chi connectivity index (χ0) is 12.0. The summed E-state index contributed by atoms with van der Waals surface area (Å²) in [5.74, 6) is -0.391. The monoisotopic (exact) mass is 220 g/mol. The molecular formula is C13H16O3. The molecule has 0 aliphatic rings. The zero-order valence-corrected chi connectivity index (χ0v) is 9.51. The van der Waals surface area contributed by atoms with Crippen molar-refractivity contribution in [2.75, 3.05) is 7.11 Å². The molecule has 0 radical (unpaired) electrons. The van der Waals surface area contributed by atoms with E-state index in [1.165, 1.54) is 13.2 Å². The second-order valence-corrected chi connectivity index (χ2v) is 3.64. The second-order valence-electron chi connectivity index (χ2n) is 3.64. The standard InChI is InChI=1S/C13H16O3/c1-10(9-13(15)16-2)8-12(14)11-6-4-3-5-7-11/h3-7,9,12,14H,8H2,1-2H3/b10-9+. The lowest BCUT2D eigenvalue weighted by molar-refractivity contribution is -0.134. The highest BCUT2D eigenvalue weighted by atomic mass is 16.5. The molecule has 0 saturated carbocycles. The predicted molar refractivity (Wildman–Crippen MR) is 61.8 cm³/mol. The summed E-state index contributed by atoms with van der Waals surface area (Å²) in [6.07, 6.45) is 1.24. The van der Waals surface area contributed by atoms with E-state index in [0.717, 1.165) is 11.1 Å². The van der Waals surface area contributed by atoms with Gasteiger partial charge in [0, 0.05) is 6.08 Å². The van der Waals surface area contributed by atoms with Crippen LogP contribution in [0, 0.1) is 0 Å². The topological polar surface area (TPSA) is 46.5 Å². The Bertz CT molecular complexity index is 368. The average molecular weight is 220 g/mol. The van der Waals surface area contributed by atoms with E-state index in [1.54, 1.807) is 6.92 Å². The van der Waals surface area contributed by atoms with E-state index in [2.05, 4.69) is 4.74 Å². The Morgan fingerprint density at radius 2 is 2.06 bits per heavy atom. The number of benzene rings is 1. The van der Waals surface area contributed by atoms with Gasteiger partial charge in [-0.25, -0.2) is 4.79 Å². The number of hydrogen-bond acceptors (Lipinski definition) is 3. The van der Waals surface area contributed by atoms with Gasteiger partial charge < -0.3 is 9.84 Å². The van der Waals surface area contributed by atoms with Crippen LogP contribution in [0.1, 0.15) is 25.0 Å². The fourth-order valence-corrected chi connectivity index (χ4v) is 1.42. The van der Waals surface area contributed by atoms with Crippen molar-refractivity contribution in [2.24, 2.45) is 0 Å². The van der Waals surface area contributed by atoms with Gasteiger partial charge in [0.15, 0.2) is 0 Å². The molecule has 0 aliphatic heterocycles. The fraction of sp³-hybridized carbons (Fsp3) is 0.308. The molecule has 86 valence electrons. The van der Waals surface area contributed by atoms with Gasteiger partial charge in [0.2, 0.25) is 0 Å². The van der Waals surface area contributed by atoms with Crippen LogP contribution in [-0.2, 0) is 9.53 Å². The second kappa shape index (κ2) is 6.08.